The van der Waals surface area contributed by atoms with E-state index in [1.165, 1.54) is 0 Å². The smallest absolute Gasteiger partial charge is 0.191 e. The van der Waals surface area contributed by atoms with Gasteiger partial charge in [-0.25, -0.2) is 0 Å². The Bertz CT molecular complexity index is 389. The molecule has 18 heavy (non-hydrogen) atoms. The molecule has 1 aromatic heterocycles. The van der Waals surface area contributed by atoms with Gasteiger partial charge in [0.05, 0.1) is 0 Å². The number of nitrogens with two attached hydrogens (primary N) is 1. The summed E-state index contributed by atoms with van der Waals surface area (Å²) in [4.78, 5) is 6.56. The van der Waals surface area contributed by atoms with Gasteiger partial charge in [0.1, 0.15) is 10.0 Å². The summed E-state index contributed by atoms with van der Waals surface area (Å²) in [5, 5.41) is 10.1. The summed E-state index contributed by atoms with van der Waals surface area (Å²) < 4.78 is 0. The zero-order valence-electron chi connectivity index (χ0n) is 10.3. The summed E-state index contributed by atoms with van der Waals surface area (Å²) in [7, 11) is 0. The van der Waals surface area contributed by atoms with Crippen molar-refractivity contribution in [2.75, 3.05) is 31.1 Å². The number of aromatic nitrogens is 2. The van der Waals surface area contributed by atoms with E-state index in [1.807, 2.05) is 18.7 Å². The summed E-state index contributed by atoms with van der Waals surface area (Å²) >= 11 is 3.60. The molecule has 0 atom stereocenters. The van der Waals surface area contributed by atoms with Gasteiger partial charge in [0.2, 0.25) is 0 Å². The van der Waals surface area contributed by atoms with Gasteiger partial charge in [-0.05, 0) is 6.92 Å². The quantitative estimate of drug-likeness (QED) is 0.473. The zero-order chi connectivity index (χ0) is 12.1. The Labute approximate surface area is 133 Å². The van der Waals surface area contributed by atoms with Crippen LogP contribution in [0.3, 0.4) is 0 Å². The Morgan fingerprint density at radius 3 is 2.72 bits per heavy atom. The summed E-state index contributed by atoms with van der Waals surface area (Å²) in [6.45, 7) is 4.68. The molecule has 0 aromatic carbocycles. The molecule has 1 aromatic rings. The van der Waals surface area contributed by atoms with E-state index in [0.717, 1.165) is 41.0 Å². The summed E-state index contributed by atoms with van der Waals surface area (Å²) in [6, 6.07) is 0. The van der Waals surface area contributed by atoms with E-state index in [-0.39, 0.29) is 24.0 Å². The predicted molar refractivity (Wildman–Crippen MR) is 89.2 cm³/mol. The lowest BCUT2D eigenvalue weighted by molar-refractivity contribution is 0.456. The maximum Gasteiger partial charge on any atom is 0.191 e. The molecule has 102 valence electrons. The fraction of sp³-hybridized carbons (Fsp3) is 0.700. The Hall–Kier alpha value is -0.0900. The molecule has 0 radical (unpaired) electrons. The van der Waals surface area contributed by atoms with Crippen molar-refractivity contribution in [1.82, 2.24) is 15.1 Å². The third-order valence-corrected chi connectivity index (χ3v) is 4.34. The van der Waals surface area contributed by atoms with Crippen LogP contribution in [0, 0.1) is 6.92 Å². The minimum absolute atomic E-state index is 0. The van der Waals surface area contributed by atoms with Crippen molar-refractivity contribution in [3.8, 4) is 0 Å². The Balaban J connectivity index is 0.00000162. The molecular formula is C10H18IN5S2. The van der Waals surface area contributed by atoms with Gasteiger partial charge in [-0.15, -0.1) is 45.5 Å². The fourth-order valence-corrected chi connectivity index (χ4v) is 3.20. The lowest BCUT2D eigenvalue weighted by atomic mass is 10.4. The van der Waals surface area contributed by atoms with Crippen LogP contribution in [0.25, 0.3) is 0 Å². The molecule has 0 amide bonds. The second-order valence-corrected chi connectivity index (χ2v) is 6.30. The van der Waals surface area contributed by atoms with E-state index in [4.69, 9.17) is 5.73 Å². The first kappa shape index (κ1) is 16.0. The highest BCUT2D eigenvalue weighted by Gasteiger charge is 2.11. The molecule has 1 aliphatic heterocycles. The molecule has 1 fully saturated rings. The number of hydrogen-bond donors (Lipinski definition) is 1. The number of hydrogen-bond acceptors (Lipinski definition) is 5. The first-order valence-corrected chi connectivity index (χ1v) is 7.64. The lowest BCUT2D eigenvalue weighted by Crippen LogP contribution is -2.42. The molecule has 1 aliphatic rings. The van der Waals surface area contributed by atoms with Crippen molar-refractivity contribution in [1.29, 1.82) is 0 Å². The largest absolute Gasteiger partial charge is 0.370 e. The second kappa shape index (κ2) is 8.16. The van der Waals surface area contributed by atoms with E-state index < -0.39 is 0 Å². The fourth-order valence-electron chi connectivity index (χ4n) is 1.60. The van der Waals surface area contributed by atoms with E-state index >= 15 is 0 Å². The molecule has 1 saturated heterocycles. The van der Waals surface area contributed by atoms with Crippen molar-refractivity contribution in [3.63, 3.8) is 0 Å². The van der Waals surface area contributed by atoms with Gasteiger partial charge in [-0.2, -0.15) is 11.8 Å². The average Bonchev–Trinajstić information content (AvgIpc) is 2.76. The number of rotatable bonds is 3. The molecule has 2 rings (SSSR count). The van der Waals surface area contributed by atoms with Crippen LogP contribution in [0.4, 0.5) is 0 Å². The highest BCUT2D eigenvalue weighted by atomic mass is 127. The standard InChI is InChI=1S/C10H17N5S2.HI/c1-8-13-14-9(17-8)2-3-12-10(11)15-4-6-16-7-5-15;/h2-7H2,1H3,(H2,11,12);1H. The van der Waals surface area contributed by atoms with Gasteiger partial charge in [-0.3, -0.25) is 4.99 Å². The van der Waals surface area contributed by atoms with E-state index in [2.05, 4.69) is 20.1 Å². The first-order chi connectivity index (χ1) is 8.25. The normalized spacial score (nSPS) is 16.5. The molecule has 8 heteroatoms. The van der Waals surface area contributed by atoms with Gasteiger partial charge >= 0.3 is 0 Å². The van der Waals surface area contributed by atoms with Gasteiger partial charge in [0.25, 0.3) is 0 Å². The molecule has 0 bridgehead atoms. The van der Waals surface area contributed by atoms with Gasteiger partial charge in [0, 0.05) is 37.6 Å². The highest BCUT2D eigenvalue weighted by molar-refractivity contribution is 14.0. The minimum atomic E-state index is 0. The summed E-state index contributed by atoms with van der Waals surface area (Å²) in [5.74, 6) is 2.96. The SMILES string of the molecule is Cc1nnc(CCN=C(N)N2CCSCC2)s1.I. The Morgan fingerprint density at radius 2 is 2.11 bits per heavy atom. The van der Waals surface area contributed by atoms with Crippen LogP contribution < -0.4 is 5.73 Å². The van der Waals surface area contributed by atoms with Crippen molar-refractivity contribution in [2.45, 2.75) is 13.3 Å². The number of thioether (sulfide) groups is 1. The second-order valence-electron chi connectivity index (χ2n) is 3.80. The van der Waals surface area contributed by atoms with E-state index in [9.17, 15) is 0 Å². The maximum atomic E-state index is 5.95. The van der Waals surface area contributed by atoms with Crippen molar-refractivity contribution in [3.05, 3.63) is 10.0 Å². The molecule has 0 aliphatic carbocycles. The third-order valence-electron chi connectivity index (χ3n) is 2.50. The number of aliphatic imine (C=N–C) groups is 1. The molecule has 2 N–H and O–H groups in total. The highest BCUT2D eigenvalue weighted by Crippen LogP contribution is 2.10. The Kier molecular flexibility index (Phi) is 7.23. The lowest BCUT2D eigenvalue weighted by Gasteiger charge is -2.27. The third kappa shape index (κ3) is 4.88. The van der Waals surface area contributed by atoms with Crippen molar-refractivity contribution >= 4 is 53.0 Å². The first-order valence-electron chi connectivity index (χ1n) is 5.67. The summed E-state index contributed by atoms with van der Waals surface area (Å²) in [5.41, 5.74) is 5.95. The van der Waals surface area contributed by atoms with Gasteiger partial charge in [0.15, 0.2) is 5.96 Å². The molecule has 5 nitrogen and oxygen atoms in total. The topological polar surface area (TPSA) is 67.4 Å². The predicted octanol–water partition coefficient (Wildman–Crippen LogP) is 1.37. The zero-order valence-corrected chi connectivity index (χ0v) is 14.3. The van der Waals surface area contributed by atoms with Crippen LogP contribution in [0.1, 0.15) is 10.0 Å². The van der Waals surface area contributed by atoms with Crippen LogP contribution in [0.5, 0.6) is 0 Å². The number of guanidine groups is 1. The monoisotopic (exact) mass is 399 g/mol. The number of halogens is 1. The Morgan fingerprint density at radius 1 is 1.39 bits per heavy atom. The molecule has 0 spiro atoms. The maximum absolute atomic E-state index is 5.95. The van der Waals surface area contributed by atoms with Crippen LogP contribution in [0.2, 0.25) is 0 Å². The average molecular weight is 399 g/mol. The van der Waals surface area contributed by atoms with Crippen molar-refractivity contribution < 1.29 is 0 Å². The van der Waals surface area contributed by atoms with Gasteiger partial charge < -0.3 is 10.6 Å². The van der Waals surface area contributed by atoms with E-state index in [0.29, 0.717) is 12.5 Å². The molecule has 0 saturated carbocycles. The minimum Gasteiger partial charge on any atom is -0.370 e. The summed E-state index contributed by atoms with van der Waals surface area (Å²) in [6.07, 6.45) is 0.828. The number of aryl methyl sites for hydroxylation is 1. The van der Waals surface area contributed by atoms with Gasteiger partial charge in [-0.1, -0.05) is 0 Å². The van der Waals surface area contributed by atoms with Crippen LogP contribution in [-0.2, 0) is 6.42 Å². The van der Waals surface area contributed by atoms with Crippen LogP contribution >= 0.6 is 47.1 Å². The molecular weight excluding hydrogens is 381 g/mol. The van der Waals surface area contributed by atoms with Crippen LogP contribution in [-0.4, -0.2) is 52.2 Å². The number of nitrogens with zero attached hydrogens (tertiary/aromatic N) is 4. The van der Waals surface area contributed by atoms with E-state index in [1.54, 1.807) is 11.3 Å². The molecule has 2 heterocycles. The molecule has 0 unspecified atom stereocenters. The van der Waals surface area contributed by atoms with Crippen LogP contribution in [0.15, 0.2) is 4.99 Å². The van der Waals surface area contributed by atoms with Crippen molar-refractivity contribution in [2.24, 2.45) is 10.7 Å².